The molecular weight excluding hydrogens is 222 g/mol. The molecule has 0 rings (SSSR count). The van der Waals surface area contributed by atoms with Gasteiger partial charge in [0.2, 0.25) is 5.91 Å². The van der Waals surface area contributed by atoms with Crippen molar-refractivity contribution in [2.45, 2.75) is 33.1 Å². The molecule has 0 aliphatic heterocycles. The van der Waals surface area contributed by atoms with Gasteiger partial charge >= 0.3 is 0 Å². The molecule has 0 saturated carbocycles. The lowest BCUT2D eigenvalue weighted by Crippen LogP contribution is -2.18. The maximum Gasteiger partial charge on any atom is 0.220 e. The van der Waals surface area contributed by atoms with Gasteiger partial charge in [-0.05, 0) is 31.6 Å². The molecule has 0 aliphatic rings. The molecule has 1 N–H and O–H groups in total. The maximum atomic E-state index is 10.8. The SMILES string of the molecule is C/C=C(\CCC/C=C/SCC=O)NC(C)=O. The van der Waals surface area contributed by atoms with Crippen molar-refractivity contribution in [2.24, 2.45) is 0 Å². The van der Waals surface area contributed by atoms with Crippen LogP contribution in [-0.4, -0.2) is 17.9 Å². The maximum absolute atomic E-state index is 10.8. The van der Waals surface area contributed by atoms with Gasteiger partial charge in [-0.1, -0.05) is 12.2 Å². The van der Waals surface area contributed by atoms with Gasteiger partial charge in [0.25, 0.3) is 0 Å². The van der Waals surface area contributed by atoms with Crippen molar-refractivity contribution in [1.82, 2.24) is 5.32 Å². The van der Waals surface area contributed by atoms with Crippen LogP contribution in [0.5, 0.6) is 0 Å². The molecule has 90 valence electrons. The number of unbranched alkanes of at least 4 members (excludes halogenated alkanes) is 1. The first-order valence-electron chi connectivity index (χ1n) is 5.33. The van der Waals surface area contributed by atoms with Gasteiger partial charge in [0.15, 0.2) is 0 Å². The number of hydrogen-bond donors (Lipinski definition) is 1. The fourth-order valence-electron chi connectivity index (χ4n) is 1.15. The van der Waals surface area contributed by atoms with Gasteiger partial charge in [-0.2, -0.15) is 0 Å². The molecule has 0 aliphatic carbocycles. The predicted octanol–water partition coefficient (Wildman–Crippen LogP) is 2.64. The van der Waals surface area contributed by atoms with Crippen LogP contribution >= 0.6 is 11.8 Å². The highest BCUT2D eigenvalue weighted by atomic mass is 32.2. The highest BCUT2D eigenvalue weighted by Gasteiger charge is 1.97. The Hall–Kier alpha value is -1.03. The molecule has 0 saturated heterocycles. The van der Waals surface area contributed by atoms with E-state index in [1.165, 1.54) is 18.7 Å². The molecule has 0 atom stereocenters. The van der Waals surface area contributed by atoms with E-state index in [0.29, 0.717) is 5.75 Å². The van der Waals surface area contributed by atoms with Gasteiger partial charge in [0, 0.05) is 12.6 Å². The van der Waals surface area contributed by atoms with Crippen molar-refractivity contribution in [3.8, 4) is 0 Å². The normalized spacial score (nSPS) is 11.8. The molecule has 0 aromatic rings. The zero-order valence-corrected chi connectivity index (χ0v) is 10.7. The van der Waals surface area contributed by atoms with Crippen molar-refractivity contribution < 1.29 is 9.59 Å². The van der Waals surface area contributed by atoms with Crippen LogP contribution in [-0.2, 0) is 9.59 Å². The molecule has 4 heteroatoms. The summed E-state index contributed by atoms with van der Waals surface area (Å²) >= 11 is 1.50. The van der Waals surface area contributed by atoms with E-state index in [-0.39, 0.29) is 5.91 Å². The summed E-state index contributed by atoms with van der Waals surface area (Å²) in [5.41, 5.74) is 0.974. The second-order valence-corrected chi connectivity index (χ2v) is 4.20. The predicted molar refractivity (Wildman–Crippen MR) is 69.1 cm³/mol. The topological polar surface area (TPSA) is 46.2 Å². The largest absolute Gasteiger partial charge is 0.330 e. The molecule has 0 unspecified atom stereocenters. The summed E-state index contributed by atoms with van der Waals surface area (Å²) in [5, 5.41) is 4.73. The average Bonchev–Trinajstić information content (AvgIpc) is 2.25. The van der Waals surface area contributed by atoms with Crippen LogP contribution in [0.25, 0.3) is 0 Å². The zero-order valence-electron chi connectivity index (χ0n) is 9.86. The van der Waals surface area contributed by atoms with Gasteiger partial charge in [0.1, 0.15) is 6.29 Å². The Morgan fingerprint density at radius 1 is 1.44 bits per heavy atom. The number of hydrogen-bond acceptors (Lipinski definition) is 3. The van der Waals surface area contributed by atoms with E-state index in [1.54, 1.807) is 0 Å². The summed E-state index contributed by atoms with van der Waals surface area (Å²) in [7, 11) is 0. The zero-order chi connectivity index (χ0) is 12.2. The van der Waals surface area contributed by atoms with Crippen LogP contribution < -0.4 is 5.32 Å². The third-order valence-corrected chi connectivity index (χ3v) is 2.57. The summed E-state index contributed by atoms with van der Waals surface area (Å²) in [4.78, 5) is 20.8. The third-order valence-electron chi connectivity index (χ3n) is 1.86. The number of thioether (sulfide) groups is 1. The van der Waals surface area contributed by atoms with E-state index >= 15 is 0 Å². The van der Waals surface area contributed by atoms with Crippen LogP contribution in [0.2, 0.25) is 0 Å². The van der Waals surface area contributed by atoms with Gasteiger partial charge in [-0.3, -0.25) is 4.79 Å². The number of nitrogens with one attached hydrogen (secondary N) is 1. The summed E-state index contributed by atoms with van der Waals surface area (Å²) in [5.74, 6) is 0.493. The number of carbonyl (C=O) groups is 2. The standard InChI is InChI=1S/C12H19NO2S/c1-3-12(13-11(2)15)7-5-4-6-9-16-10-8-14/h3,6,8-9H,4-5,7,10H2,1-2H3,(H,13,15)/b9-6+,12-3+. The van der Waals surface area contributed by atoms with Crippen molar-refractivity contribution >= 4 is 24.0 Å². The van der Waals surface area contributed by atoms with Crippen molar-refractivity contribution in [1.29, 1.82) is 0 Å². The van der Waals surface area contributed by atoms with E-state index in [2.05, 4.69) is 11.4 Å². The molecule has 0 fully saturated rings. The van der Waals surface area contributed by atoms with Gasteiger partial charge in [-0.25, -0.2) is 0 Å². The van der Waals surface area contributed by atoms with Crippen LogP contribution in [0.15, 0.2) is 23.3 Å². The highest BCUT2D eigenvalue weighted by Crippen LogP contribution is 2.07. The first-order valence-corrected chi connectivity index (χ1v) is 6.38. The molecular formula is C12H19NO2S. The van der Waals surface area contributed by atoms with E-state index in [9.17, 15) is 9.59 Å². The molecule has 0 aromatic carbocycles. The van der Waals surface area contributed by atoms with Crippen molar-refractivity contribution in [3.05, 3.63) is 23.3 Å². The Balaban J connectivity index is 3.59. The van der Waals surface area contributed by atoms with E-state index in [4.69, 9.17) is 0 Å². The number of allylic oxidation sites excluding steroid dienone is 3. The van der Waals surface area contributed by atoms with Crippen molar-refractivity contribution in [2.75, 3.05) is 5.75 Å². The fraction of sp³-hybridized carbons (Fsp3) is 0.500. The summed E-state index contributed by atoms with van der Waals surface area (Å²) in [6, 6.07) is 0. The molecule has 0 aromatic heterocycles. The Morgan fingerprint density at radius 2 is 2.19 bits per heavy atom. The van der Waals surface area contributed by atoms with Gasteiger partial charge in [-0.15, -0.1) is 11.8 Å². The van der Waals surface area contributed by atoms with Crippen LogP contribution in [0.3, 0.4) is 0 Å². The Kier molecular flexibility index (Phi) is 9.81. The molecule has 0 radical (unpaired) electrons. The lowest BCUT2D eigenvalue weighted by Gasteiger charge is -2.05. The molecule has 0 spiro atoms. The van der Waals surface area contributed by atoms with Crippen LogP contribution in [0.1, 0.15) is 33.1 Å². The quantitative estimate of drug-likeness (QED) is 0.525. The van der Waals surface area contributed by atoms with Gasteiger partial charge in [0.05, 0.1) is 5.75 Å². The summed E-state index contributed by atoms with van der Waals surface area (Å²) < 4.78 is 0. The van der Waals surface area contributed by atoms with Crippen molar-refractivity contribution in [3.63, 3.8) is 0 Å². The number of aldehydes is 1. The minimum atomic E-state index is -0.0230. The fourth-order valence-corrected chi connectivity index (χ4v) is 1.61. The third kappa shape index (κ3) is 9.52. The molecule has 0 bridgehead atoms. The average molecular weight is 241 g/mol. The van der Waals surface area contributed by atoms with E-state index in [0.717, 1.165) is 31.2 Å². The van der Waals surface area contributed by atoms with E-state index in [1.807, 2.05) is 18.4 Å². The van der Waals surface area contributed by atoms with Gasteiger partial charge < -0.3 is 10.1 Å². The number of carbonyl (C=O) groups excluding carboxylic acids is 2. The Morgan fingerprint density at radius 3 is 2.75 bits per heavy atom. The lowest BCUT2D eigenvalue weighted by atomic mass is 10.2. The smallest absolute Gasteiger partial charge is 0.220 e. The van der Waals surface area contributed by atoms with E-state index < -0.39 is 0 Å². The minimum Gasteiger partial charge on any atom is -0.330 e. The molecule has 3 nitrogen and oxygen atoms in total. The Labute approximate surface area is 101 Å². The van der Waals surface area contributed by atoms with Crippen LogP contribution in [0.4, 0.5) is 0 Å². The first-order chi connectivity index (χ1) is 7.70. The first kappa shape index (κ1) is 15.0. The minimum absolute atomic E-state index is 0.0230. The summed E-state index contributed by atoms with van der Waals surface area (Å²) in [6.45, 7) is 3.43. The number of rotatable bonds is 8. The molecule has 1 amide bonds. The summed E-state index contributed by atoms with van der Waals surface area (Å²) in [6.07, 6.45) is 7.70. The Bertz CT molecular complexity index is 272. The monoisotopic (exact) mass is 241 g/mol. The highest BCUT2D eigenvalue weighted by molar-refractivity contribution is 8.02. The van der Waals surface area contributed by atoms with Crippen LogP contribution in [0, 0.1) is 0 Å². The second kappa shape index (κ2) is 10.5. The second-order valence-electron chi connectivity index (χ2n) is 3.26. The number of amides is 1. The lowest BCUT2D eigenvalue weighted by molar-refractivity contribution is -0.118. The molecule has 0 heterocycles. The molecule has 16 heavy (non-hydrogen) atoms.